The van der Waals surface area contributed by atoms with Gasteiger partial charge in [0.05, 0.1) is 6.61 Å². The van der Waals surface area contributed by atoms with Gasteiger partial charge in [0.1, 0.15) is 5.70 Å². The van der Waals surface area contributed by atoms with E-state index in [4.69, 9.17) is 9.84 Å². The van der Waals surface area contributed by atoms with E-state index in [0.29, 0.717) is 19.7 Å². The first-order chi connectivity index (χ1) is 9.79. The van der Waals surface area contributed by atoms with Crippen molar-refractivity contribution in [3.05, 3.63) is 24.9 Å². The maximum Gasteiger partial charge on any atom is 0.351 e. The molecule has 0 rings (SSSR count). The Morgan fingerprint density at radius 2 is 1.76 bits per heavy atom. The Kier molecular flexibility index (Phi) is 13.5. The zero-order valence-electron chi connectivity index (χ0n) is 13.6. The van der Waals surface area contributed by atoms with Gasteiger partial charge in [0.15, 0.2) is 0 Å². The van der Waals surface area contributed by atoms with Gasteiger partial charge in [-0.05, 0) is 34.4 Å². The number of hydrogen-bond donors (Lipinski definition) is 1. The number of carbonyl (C=O) groups excluding carboxylic acids is 1. The summed E-state index contributed by atoms with van der Waals surface area (Å²) in [5.41, 5.74) is 0.171. The predicted molar refractivity (Wildman–Crippen MR) is 84.0 cm³/mol. The second-order valence-electron chi connectivity index (χ2n) is 4.45. The lowest BCUT2D eigenvalue weighted by Gasteiger charge is -2.19. The third-order valence-electron chi connectivity index (χ3n) is 2.55. The molecule has 0 saturated heterocycles. The monoisotopic (exact) mass is 300 g/mol. The SMILES string of the molecule is C=C(C(=O)O)N(CC)CC.C=CC(=O)OCCCN(C)C. The number of nitrogens with zero attached hydrogens (tertiary/aromatic N) is 2. The highest BCUT2D eigenvalue weighted by Crippen LogP contribution is 1.99. The van der Waals surface area contributed by atoms with Gasteiger partial charge >= 0.3 is 11.9 Å². The largest absolute Gasteiger partial charge is 0.477 e. The Morgan fingerprint density at radius 1 is 1.24 bits per heavy atom. The summed E-state index contributed by atoms with van der Waals surface area (Å²) in [7, 11) is 3.96. The molecule has 0 aliphatic carbocycles. The van der Waals surface area contributed by atoms with Crippen molar-refractivity contribution in [3.63, 3.8) is 0 Å². The first kappa shape index (κ1) is 21.5. The molecule has 0 aromatic heterocycles. The number of hydrogen-bond acceptors (Lipinski definition) is 5. The summed E-state index contributed by atoms with van der Waals surface area (Å²) in [6.07, 6.45) is 2.04. The summed E-state index contributed by atoms with van der Waals surface area (Å²) in [4.78, 5) is 24.6. The number of carboxylic acids is 1. The molecule has 0 bridgehead atoms. The number of carboxylic acid groups (broad SMARTS) is 1. The van der Waals surface area contributed by atoms with Crippen LogP contribution in [0, 0.1) is 0 Å². The molecule has 0 heterocycles. The van der Waals surface area contributed by atoms with Crippen molar-refractivity contribution in [2.75, 3.05) is 40.3 Å². The lowest BCUT2D eigenvalue weighted by atomic mass is 10.4. The van der Waals surface area contributed by atoms with E-state index in [0.717, 1.165) is 13.0 Å². The Labute approximate surface area is 127 Å². The van der Waals surface area contributed by atoms with Gasteiger partial charge in [-0.1, -0.05) is 13.2 Å². The van der Waals surface area contributed by atoms with Crippen LogP contribution in [0.5, 0.6) is 0 Å². The fourth-order valence-electron chi connectivity index (χ4n) is 1.35. The van der Waals surface area contributed by atoms with Crippen molar-refractivity contribution in [2.45, 2.75) is 20.3 Å². The third kappa shape index (κ3) is 12.9. The zero-order valence-corrected chi connectivity index (χ0v) is 13.6. The summed E-state index contributed by atoms with van der Waals surface area (Å²) < 4.78 is 4.76. The van der Waals surface area contributed by atoms with Crippen LogP contribution in [0.15, 0.2) is 24.9 Å². The van der Waals surface area contributed by atoms with E-state index in [1.54, 1.807) is 4.90 Å². The molecule has 0 amide bonds. The van der Waals surface area contributed by atoms with Gasteiger partial charge in [-0.2, -0.15) is 0 Å². The molecule has 0 radical (unpaired) electrons. The van der Waals surface area contributed by atoms with Crippen molar-refractivity contribution in [2.24, 2.45) is 0 Å². The smallest absolute Gasteiger partial charge is 0.351 e. The van der Waals surface area contributed by atoms with Gasteiger partial charge in [0.2, 0.25) is 0 Å². The first-order valence-corrected chi connectivity index (χ1v) is 6.91. The van der Waals surface area contributed by atoms with Crippen molar-refractivity contribution in [1.29, 1.82) is 0 Å². The summed E-state index contributed by atoms with van der Waals surface area (Å²) in [6.45, 7) is 13.3. The number of esters is 1. The van der Waals surface area contributed by atoms with Crippen LogP contribution < -0.4 is 0 Å². The standard InChI is InChI=1S/C8H15NO2.C7H13NO2/c1-4-8(10)11-7-5-6-9(2)3;1-4-8(5-2)6(3)7(9)10/h4H,1,5-7H2,2-3H3;3-5H2,1-2H3,(H,9,10). The van der Waals surface area contributed by atoms with Gasteiger partial charge < -0.3 is 19.6 Å². The van der Waals surface area contributed by atoms with E-state index in [1.807, 2.05) is 32.8 Å². The van der Waals surface area contributed by atoms with Crippen LogP contribution >= 0.6 is 0 Å². The van der Waals surface area contributed by atoms with Gasteiger partial charge in [0, 0.05) is 25.7 Å². The Bertz CT molecular complexity index is 337. The van der Waals surface area contributed by atoms with E-state index < -0.39 is 5.97 Å². The molecular formula is C15H28N2O4. The summed E-state index contributed by atoms with van der Waals surface area (Å²) >= 11 is 0. The van der Waals surface area contributed by atoms with Crippen LogP contribution in [-0.2, 0) is 14.3 Å². The minimum Gasteiger partial charge on any atom is -0.477 e. The van der Waals surface area contributed by atoms with E-state index in [1.165, 1.54) is 6.08 Å². The Morgan fingerprint density at radius 3 is 2.05 bits per heavy atom. The molecule has 6 heteroatoms. The average molecular weight is 300 g/mol. The minimum absolute atomic E-state index is 0.171. The van der Waals surface area contributed by atoms with Crippen LogP contribution in [0.4, 0.5) is 0 Å². The highest BCUT2D eigenvalue weighted by Gasteiger charge is 2.08. The fourth-order valence-corrected chi connectivity index (χ4v) is 1.35. The van der Waals surface area contributed by atoms with Gasteiger partial charge in [-0.3, -0.25) is 0 Å². The van der Waals surface area contributed by atoms with Crippen LogP contribution in [0.3, 0.4) is 0 Å². The highest BCUT2D eigenvalue weighted by molar-refractivity contribution is 5.85. The quantitative estimate of drug-likeness (QED) is 0.396. The first-order valence-electron chi connectivity index (χ1n) is 6.91. The van der Waals surface area contributed by atoms with Crippen LogP contribution in [0.1, 0.15) is 20.3 Å². The second kappa shape index (κ2) is 13.2. The number of likely N-dealkylation sites (N-methyl/N-ethyl adjacent to an activating group) is 1. The fraction of sp³-hybridized carbons (Fsp3) is 0.600. The highest BCUT2D eigenvalue weighted by atomic mass is 16.5. The Balaban J connectivity index is 0. The lowest BCUT2D eigenvalue weighted by Crippen LogP contribution is -2.26. The predicted octanol–water partition coefficient (Wildman–Crippen LogP) is 1.59. The maximum atomic E-state index is 10.5. The molecule has 0 aromatic rings. The van der Waals surface area contributed by atoms with Crippen molar-refractivity contribution in [1.82, 2.24) is 9.80 Å². The van der Waals surface area contributed by atoms with E-state index in [2.05, 4.69) is 13.2 Å². The minimum atomic E-state index is -0.941. The molecule has 0 fully saturated rings. The molecule has 0 saturated carbocycles. The summed E-state index contributed by atoms with van der Waals surface area (Å²) in [5.74, 6) is -1.28. The zero-order chi connectivity index (χ0) is 16.8. The van der Waals surface area contributed by atoms with Gasteiger partial charge in [-0.25, -0.2) is 9.59 Å². The normalized spacial score (nSPS) is 9.38. The average Bonchev–Trinajstić information content (AvgIpc) is 2.44. The maximum absolute atomic E-state index is 10.5. The number of ether oxygens (including phenoxy) is 1. The molecule has 0 aromatic carbocycles. The molecule has 0 spiro atoms. The van der Waals surface area contributed by atoms with Crippen LogP contribution in [-0.4, -0.2) is 67.2 Å². The van der Waals surface area contributed by atoms with Crippen molar-refractivity contribution in [3.8, 4) is 0 Å². The summed E-state index contributed by atoms with van der Waals surface area (Å²) in [6, 6.07) is 0. The van der Waals surface area contributed by atoms with Crippen molar-refractivity contribution < 1.29 is 19.4 Å². The number of carbonyl (C=O) groups is 2. The Hall–Kier alpha value is -1.82. The van der Waals surface area contributed by atoms with Crippen LogP contribution in [0.25, 0.3) is 0 Å². The van der Waals surface area contributed by atoms with E-state index in [-0.39, 0.29) is 11.7 Å². The molecule has 6 nitrogen and oxygen atoms in total. The molecule has 1 N–H and O–H groups in total. The molecular weight excluding hydrogens is 272 g/mol. The van der Waals surface area contributed by atoms with E-state index >= 15 is 0 Å². The molecule has 0 atom stereocenters. The molecule has 21 heavy (non-hydrogen) atoms. The second-order valence-corrected chi connectivity index (χ2v) is 4.45. The number of rotatable bonds is 9. The van der Waals surface area contributed by atoms with Gasteiger partial charge in [-0.15, -0.1) is 0 Å². The number of aliphatic carboxylic acids is 1. The molecule has 122 valence electrons. The molecule has 0 aliphatic rings. The molecule has 0 unspecified atom stereocenters. The van der Waals surface area contributed by atoms with Crippen LogP contribution in [0.2, 0.25) is 0 Å². The molecule has 0 aliphatic heterocycles. The third-order valence-corrected chi connectivity index (χ3v) is 2.55. The van der Waals surface area contributed by atoms with Crippen molar-refractivity contribution >= 4 is 11.9 Å². The topological polar surface area (TPSA) is 70.1 Å². The van der Waals surface area contributed by atoms with Gasteiger partial charge in [0.25, 0.3) is 0 Å². The summed E-state index contributed by atoms with van der Waals surface area (Å²) in [5, 5.41) is 8.47. The lowest BCUT2D eigenvalue weighted by molar-refractivity contribution is -0.138. The van der Waals surface area contributed by atoms with E-state index in [9.17, 15) is 9.59 Å².